The molecule has 0 aromatic heterocycles. The topological polar surface area (TPSA) is 49.4 Å². The second-order valence-electron chi connectivity index (χ2n) is 6.98. The first-order chi connectivity index (χ1) is 12.6. The predicted molar refractivity (Wildman–Crippen MR) is 104 cm³/mol. The Balaban J connectivity index is 1.46. The number of fused-ring (bicyclic) bond motifs is 3. The van der Waals surface area contributed by atoms with Gasteiger partial charge in [-0.2, -0.15) is 0 Å². The van der Waals surface area contributed by atoms with Crippen molar-refractivity contribution < 1.29 is 9.59 Å². The third-order valence-corrected chi connectivity index (χ3v) is 6.59. The highest BCUT2D eigenvalue weighted by molar-refractivity contribution is 8.02. The number of carbonyl (C=O) groups is 2. The SMILES string of the molecule is CC(CCc1ccccc1)NC(=O)C12CCC(=O)N1c1ccccc1S2. The van der Waals surface area contributed by atoms with E-state index in [1.165, 1.54) is 17.3 Å². The molecule has 2 amide bonds. The van der Waals surface area contributed by atoms with Gasteiger partial charge >= 0.3 is 0 Å². The number of nitrogens with zero attached hydrogens (tertiary/aromatic N) is 1. The number of anilines is 1. The van der Waals surface area contributed by atoms with Gasteiger partial charge in [-0.15, -0.1) is 0 Å². The number of hydrogen-bond acceptors (Lipinski definition) is 3. The van der Waals surface area contributed by atoms with E-state index in [-0.39, 0.29) is 17.9 Å². The maximum Gasteiger partial charge on any atom is 0.257 e. The van der Waals surface area contributed by atoms with Gasteiger partial charge in [-0.25, -0.2) is 0 Å². The van der Waals surface area contributed by atoms with Crippen molar-refractivity contribution in [2.45, 2.75) is 48.4 Å². The lowest BCUT2D eigenvalue weighted by Crippen LogP contribution is -2.54. The lowest BCUT2D eigenvalue weighted by Gasteiger charge is -2.31. The molecule has 1 fully saturated rings. The Labute approximate surface area is 158 Å². The molecule has 4 nitrogen and oxygen atoms in total. The van der Waals surface area contributed by atoms with E-state index in [0.717, 1.165) is 23.4 Å². The zero-order valence-electron chi connectivity index (χ0n) is 14.8. The number of hydrogen-bond donors (Lipinski definition) is 1. The molecule has 134 valence electrons. The van der Waals surface area contributed by atoms with Crippen LogP contribution in [0.3, 0.4) is 0 Å². The largest absolute Gasteiger partial charge is 0.351 e. The summed E-state index contributed by atoms with van der Waals surface area (Å²) < 4.78 is 0. The Morgan fingerprint density at radius 3 is 2.73 bits per heavy atom. The van der Waals surface area contributed by atoms with Crippen LogP contribution in [0.25, 0.3) is 0 Å². The average Bonchev–Trinajstić information content (AvgIpc) is 3.17. The number of carbonyl (C=O) groups excluding carboxylic acids is 2. The number of para-hydroxylation sites is 1. The first kappa shape index (κ1) is 17.2. The standard InChI is InChI=1S/C21H22N2O2S/c1-15(11-12-16-7-3-2-4-8-16)22-20(25)21-14-13-19(24)23(21)17-9-5-6-10-18(17)26-21/h2-10,15H,11-14H2,1H3,(H,22,25). The van der Waals surface area contributed by atoms with Gasteiger partial charge in [-0.1, -0.05) is 54.2 Å². The van der Waals surface area contributed by atoms with Gasteiger partial charge in [-0.3, -0.25) is 14.5 Å². The summed E-state index contributed by atoms with van der Waals surface area (Å²) >= 11 is 1.52. The zero-order valence-corrected chi connectivity index (χ0v) is 15.6. The van der Waals surface area contributed by atoms with E-state index >= 15 is 0 Å². The van der Waals surface area contributed by atoms with E-state index in [9.17, 15) is 9.59 Å². The monoisotopic (exact) mass is 366 g/mol. The molecule has 0 aliphatic carbocycles. The highest BCUT2D eigenvalue weighted by atomic mass is 32.2. The Bertz CT molecular complexity index is 839. The van der Waals surface area contributed by atoms with E-state index in [1.54, 1.807) is 4.90 Å². The second kappa shape index (κ2) is 6.80. The number of benzene rings is 2. The van der Waals surface area contributed by atoms with Crippen molar-refractivity contribution in [2.75, 3.05) is 4.90 Å². The molecule has 26 heavy (non-hydrogen) atoms. The predicted octanol–water partition coefficient (Wildman–Crippen LogP) is 3.75. The highest BCUT2D eigenvalue weighted by Crippen LogP contribution is 2.55. The fourth-order valence-electron chi connectivity index (χ4n) is 3.74. The number of amides is 2. The summed E-state index contributed by atoms with van der Waals surface area (Å²) in [4.78, 5) is 27.5. The van der Waals surface area contributed by atoms with Crippen molar-refractivity contribution in [3.63, 3.8) is 0 Å². The van der Waals surface area contributed by atoms with Crippen molar-refractivity contribution >= 4 is 29.3 Å². The molecule has 2 atom stereocenters. The molecule has 2 unspecified atom stereocenters. The van der Waals surface area contributed by atoms with Crippen LogP contribution < -0.4 is 10.2 Å². The molecular weight excluding hydrogens is 344 g/mol. The number of nitrogens with one attached hydrogen (secondary N) is 1. The smallest absolute Gasteiger partial charge is 0.257 e. The molecule has 0 radical (unpaired) electrons. The number of aryl methyl sites for hydroxylation is 1. The summed E-state index contributed by atoms with van der Waals surface area (Å²) in [7, 11) is 0. The van der Waals surface area contributed by atoms with E-state index in [0.29, 0.717) is 12.8 Å². The molecule has 2 aliphatic heterocycles. The van der Waals surface area contributed by atoms with Crippen molar-refractivity contribution in [2.24, 2.45) is 0 Å². The van der Waals surface area contributed by atoms with Gasteiger partial charge in [0.15, 0.2) is 4.87 Å². The van der Waals surface area contributed by atoms with E-state index < -0.39 is 4.87 Å². The molecule has 0 saturated carbocycles. The molecule has 2 aromatic rings. The Morgan fingerprint density at radius 2 is 1.92 bits per heavy atom. The van der Waals surface area contributed by atoms with E-state index in [1.807, 2.05) is 49.4 Å². The van der Waals surface area contributed by atoms with Gasteiger partial charge in [-0.05, 0) is 43.9 Å². The van der Waals surface area contributed by atoms with Crippen molar-refractivity contribution in [3.05, 3.63) is 60.2 Å². The third kappa shape index (κ3) is 2.90. The number of thioether (sulfide) groups is 1. The molecule has 2 aliphatic rings. The summed E-state index contributed by atoms with van der Waals surface area (Å²) in [5, 5.41) is 3.16. The molecule has 5 heteroatoms. The normalized spacial score (nSPS) is 22.0. The van der Waals surface area contributed by atoms with Crippen LogP contribution in [0.1, 0.15) is 31.7 Å². The minimum Gasteiger partial charge on any atom is -0.351 e. The van der Waals surface area contributed by atoms with Gasteiger partial charge in [0.25, 0.3) is 5.91 Å². The quantitative estimate of drug-likeness (QED) is 0.877. The molecule has 2 aromatic carbocycles. The van der Waals surface area contributed by atoms with Crippen LogP contribution in [0.5, 0.6) is 0 Å². The Hall–Kier alpha value is -2.27. The van der Waals surface area contributed by atoms with Crippen LogP contribution >= 0.6 is 11.8 Å². The van der Waals surface area contributed by atoms with Gasteiger partial charge in [0.05, 0.1) is 5.69 Å². The summed E-state index contributed by atoms with van der Waals surface area (Å²) in [5.74, 6) is -0.0142. The summed E-state index contributed by atoms with van der Waals surface area (Å²) in [6, 6.07) is 18.1. The van der Waals surface area contributed by atoms with Crippen molar-refractivity contribution in [3.8, 4) is 0 Å². The van der Waals surface area contributed by atoms with E-state index in [4.69, 9.17) is 0 Å². The Kier molecular flexibility index (Phi) is 4.49. The first-order valence-electron chi connectivity index (χ1n) is 9.06. The first-order valence-corrected chi connectivity index (χ1v) is 9.88. The van der Waals surface area contributed by atoms with Crippen LogP contribution in [0.15, 0.2) is 59.5 Å². The molecular formula is C21H22N2O2S. The molecule has 1 N–H and O–H groups in total. The van der Waals surface area contributed by atoms with Crippen molar-refractivity contribution in [1.29, 1.82) is 0 Å². The van der Waals surface area contributed by atoms with Gasteiger partial charge in [0.1, 0.15) is 0 Å². The highest BCUT2D eigenvalue weighted by Gasteiger charge is 2.57. The third-order valence-electron chi connectivity index (χ3n) is 5.11. The van der Waals surface area contributed by atoms with Crippen molar-refractivity contribution in [1.82, 2.24) is 5.32 Å². The summed E-state index contributed by atoms with van der Waals surface area (Å²) in [6.07, 6.45) is 2.78. The van der Waals surface area contributed by atoms with Crippen LogP contribution in [0, 0.1) is 0 Å². The minimum absolute atomic E-state index is 0.0366. The fourth-order valence-corrected chi connectivity index (χ4v) is 5.16. The minimum atomic E-state index is -0.818. The lowest BCUT2D eigenvalue weighted by atomic mass is 10.1. The van der Waals surface area contributed by atoms with Gasteiger partial charge in [0.2, 0.25) is 5.91 Å². The van der Waals surface area contributed by atoms with Gasteiger partial charge < -0.3 is 5.32 Å². The van der Waals surface area contributed by atoms with Crippen LogP contribution in [0.2, 0.25) is 0 Å². The molecule has 0 bridgehead atoms. The Morgan fingerprint density at radius 1 is 1.19 bits per heavy atom. The average molecular weight is 366 g/mol. The lowest BCUT2D eigenvalue weighted by molar-refractivity contribution is -0.125. The van der Waals surface area contributed by atoms with Crippen LogP contribution in [-0.4, -0.2) is 22.7 Å². The number of rotatable bonds is 5. The molecule has 0 spiro atoms. The summed E-state index contributed by atoms with van der Waals surface area (Å²) in [6.45, 7) is 2.03. The van der Waals surface area contributed by atoms with Crippen LogP contribution in [0.4, 0.5) is 5.69 Å². The van der Waals surface area contributed by atoms with E-state index in [2.05, 4.69) is 17.4 Å². The van der Waals surface area contributed by atoms with Crippen LogP contribution in [-0.2, 0) is 16.0 Å². The second-order valence-corrected chi connectivity index (χ2v) is 8.30. The summed E-state index contributed by atoms with van der Waals surface area (Å²) in [5.41, 5.74) is 2.14. The molecule has 2 heterocycles. The molecule has 4 rings (SSSR count). The zero-order chi connectivity index (χ0) is 18.1. The maximum absolute atomic E-state index is 13.2. The molecule has 1 saturated heterocycles. The van der Waals surface area contributed by atoms with Gasteiger partial charge in [0, 0.05) is 17.4 Å². The maximum atomic E-state index is 13.2. The fraction of sp³-hybridized carbons (Fsp3) is 0.333.